The molecule has 210 valence electrons. The fourth-order valence-corrected chi connectivity index (χ4v) is 3.13. The van der Waals surface area contributed by atoms with Crippen molar-refractivity contribution in [3.05, 3.63) is 0 Å². The normalized spacial score (nSPS) is 20.7. The van der Waals surface area contributed by atoms with E-state index in [1.165, 1.54) is 0 Å². The minimum absolute atomic E-state index is 0.0547. The van der Waals surface area contributed by atoms with Gasteiger partial charge in [-0.3, -0.25) is 30.6 Å². The lowest BCUT2D eigenvalue weighted by Gasteiger charge is -2.12. The molecule has 0 bridgehead atoms. The van der Waals surface area contributed by atoms with Gasteiger partial charge in [0.25, 0.3) is 0 Å². The molecule has 0 amide bonds. The van der Waals surface area contributed by atoms with Crippen LogP contribution in [0, 0.1) is 11.8 Å². The summed E-state index contributed by atoms with van der Waals surface area (Å²) in [6, 6.07) is 0. The third-order valence-electron chi connectivity index (χ3n) is 5.33. The first-order chi connectivity index (χ1) is 21.2. The van der Waals surface area contributed by atoms with Crippen LogP contribution in [0.15, 0.2) is 20.0 Å². The van der Waals surface area contributed by atoms with Crippen molar-refractivity contribution in [1.82, 2.24) is 10.6 Å². The zero-order chi connectivity index (χ0) is 35.6. The molecule has 0 aromatic carbocycles. The van der Waals surface area contributed by atoms with Crippen molar-refractivity contribution in [3.63, 3.8) is 0 Å². The number of nitrogens with zero attached hydrogens (tertiary/aromatic N) is 4. The summed E-state index contributed by atoms with van der Waals surface area (Å²) in [4.78, 5) is 16.6. The summed E-state index contributed by atoms with van der Waals surface area (Å²) in [7, 11) is 0. The molecule has 10 heteroatoms. The van der Waals surface area contributed by atoms with E-state index in [-0.39, 0.29) is 36.9 Å². The maximum Gasteiger partial charge on any atom is 0.195 e. The molecule has 0 saturated carbocycles. The number of unbranched alkanes of at least 4 members (excludes halogenated alkanes) is 5. The van der Waals surface area contributed by atoms with E-state index in [0.717, 1.165) is 38.5 Å². The molecule has 0 heterocycles. The Balaban J connectivity index is 4.61. The van der Waals surface area contributed by atoms with Crippen LogP contribution in [-0.4, -0.2) is 50.0 Å². The molecule has 0 saturated heterocycles. The maximum atomic E-state index is 8.07. The summed E-state index contributed by atoms with van der Waals surface area (Å²) in [5.41, 5.74) is 23.4. The first kappa shape index (κ1) is 19.6. The van der Waals surface area contributed by atoms with Crippen LogP contribution < -0.4 is 33.6 Å². The van der Waals surface area contributed by atoms with Gasteiger partial charge in [0.05, 0.1) is 0 Å². The third-order valence-corrected chi connectivity index (χ3v) is 5.33. The summed E-state index contributed by atoms with van der Waals surface area (Å²) in [6.07, 6.45) is 2.08. The first-order valence-electron chi connectivity index (χ1n) is 17.9. The minimum atomic E-state index is -2.77. The van der Waals surface area contributed by atoms with E-state index < -0.39 is 38.3 Å². The van der Waals surface area contributed by atoms with Crippen molar-refractivity contribution in [1.29, 1.82) is 0 Å². The second-order valence-corrected chi connectivity index (χ2v) is 8.62. The van der Waals surface area contributed by atoms with Crippen LogP contribution in [-0.2, 0) is 0 Å². The molecule has 36 heavy (non-hydrogen) atoms. The first-order valence-corrected chi connectivity index (χ1v) is 12.9. The molecular weight excluding hydrogens is 452 g/mol. The number of rotatable bonds is 19. The lowest BCUT2D eigenvalue weighted by Crippen LogP contribution is -2.42. The molecule has 10 nitrogen and oxygen atoms in total. The number of hydrogen-bond donors (Lipinski definition) is 6. The Bertz CT molecular complexity index is 917. The zero-order valence-electron chi connectivity index (χ0n) is 32.2. The van der Waals surface area contributed by atoms with E-state index in [0.29, 0.717) is 38.8 Å². The van der Waals surface area contributed by atoms with Gasteiger partial charge in [-0.25, -0.2) is 0 Å². The molecule has 0 radical (unpaired) electrons. The predicted molar refractivity (Wildman–Crippen MR) is 157 cm³/mol. The van der Waals surface area contributed by atoms with Crippen LogP contribution >= 0.6 is 0 Å². The Hall–Kier alpha value is -2.52. The van der Waals surface area contributed by atoms with Crippen molar-refractivity contribution in [2.45, 2.75) is 105 Å². The summed E-state index contributed by atoms with van der Waals surface area (Å²) < 4.78 is 77.5. The molecule has 2 atom stereocenters. The average Bonchev–Trinajstić information content (AvgIpc) is 2.92. The van der Waals surface area contributed by atoms with Crippen LogP contribution in [0.3, 0.4) is 0 Å². The van der Waals surface area contributed by atoms with Crippen LogP contribution in [0.5, 0.6) is 0 Å². The van der Waals surface area contributed by atoms with Crippen LogP contribution in [0.4, 0.5) is 0 Å². The average molecular weight is 519 g/mol. The smallest absolute Gasteiger partial charge is 0.195 e. The minimum Gasteiger partial charge on any atom is -0.370 e. The Kier molecular flexibility index (Phi) is 12.5. The zero-order valence-corrected chi connectivity index (χ0v) is 22.2. The molecule has 0 aliphatic carbocycles. The maximum absolute atomic E-state index is 8.07. The number of aliphatic imine (C=N–C) groups is 4. The molecule has 0 aliphatic heterocycles. The van der Waals surface area contributed by atoms with Gasteiger partial charge in [0.15, 0.2) is 23.8 Å². The highest BCUT2D eigenvalue weighted by Crippen LogP contribution is 2.13. The van der Waals surface area contributed by atoms with Crippen LogP contribution in [0.2, 0.25) is 0 Å². The Morgan fingerprint density at radius 2 is 1.03 bits per heavy atom. The lowest BCUT2D eigenvalue weighted by molar-refractivity contribution is 0.462. The van der Waals surface area contributed by atoms with Gasteiger partial charge < -0.3 is 22.9 Å². The van der Waals surface area contributed by atoms with Crippen molar-refractivity contribution < 1.29 is 13.7 Å². The summed E-state index contributed by atoms with van der Waals surface area (Å²) in [5, 5.41) is 5.30. The van der Waals surface area contributed by atoms with Gasteiger partial charge in [-0.1, -0.05) is 78.8 Å². The van der Waals surface area contributed by atoms with Crippen molar-refractivity contribution in [2.24, 2.45) is 54.7 Å². The van der Waals surface area contributed by atoms with Gasteiger partial charge in [-0.15, -0.1) is 0 Å². The van der Waals surface area contributed by atoms with Gasteiger partial charge in [-0.05, 0) is 37.5 Å². The SMILES string of the molecule is [2H]C([2H])([2H])C([2H])([2H])C(CCCC)CN=C(N)NC(N)=NCCCCCCN=C(N)NC(N)=NCC(CCCC)C([2H])([2H])C([2H])([2H])[2H]. The summed E-state index contributed by atoms with van der Waals surface area (Å²) >= 11 is 0. The highest BCUT2D eigenvalue weighted by Gasteiger charge is 2.06. The van der Waals surface area contributed by atoms with E-state index in [1.807, 2.05) is 13.8 Å². The Labute approximate surface area is 234 Å². The van der Waals surface area contributed by atoms with E-state index >= 15 is 0 Å². The van der Waals surface area contributed by atoms with Crippen molar-refractivity contribution in [3.8, 4) is 0 Å². The third kappa shape index (κ3) is 19.8. The number of guanidine groups is 4. The second-order valence-electron chi connectivity index (χ2n) is 8.62. The highest BCUT2D eigenvalue weighted by atomic mass is 15.2. The predicted octanol–water partition coefficient (Wildman–Crippen LogP) is 3.42. The molecule has 0 rings (SSSR count). The largest absolute Gasteiger partial charge is 0.370 e. The standard InChI is InChI=1S/C26H56N10/c1-5-9-15-21(7-3)19-33-25(29)35-23(27)31-17-13-11-12-14-18-32-24(28)36-26(30)34-20-22(8-4)16-10-6-2/h21-22H,5-20H2,1-4H3,(H5,27,29,31,33,35)(H5,28,30,32,34,36)/i3D3,4D3,7D2,8D2. The quantitative estimate of drug-likeness (QED) is 0.0866. The molecule has 0 aromatic rings. The van der Waals surface area contributed by atoms with Crippen LogP contribution in [0.25, 0.3) is 0 Å². The fourth-order valence-electron chi connectivity index (χ4n) is 3.13. The molecule has 0 spiro atoms. The Morgan fingerprint density at radius 3 is 1.39 bits per heavy atom. The fraction of sp³-hybridized carbons (Fsp3) is 0.846. The molecular formula is C26H56N10. The lowest BCUT2D eigenvalue weighted by atomic mass is 10.00. The number of nitrogens with two attached hydrogens (primary N) is 4. The summed E-state index contributed by atoms with van der Waals surface area (Å²) in [6.45, 7) is -0.967. The second kappa shape index (κ2) is 22.9. The topological polar surface area (TPSA) is 178 Å². The van der Waals surface area contributed by atoms with Gasteiger partial charge in [0, 0.05) is 39.9 Å². The molecule has 2 unspecified atom stereocenters. The summed E-state index contributed by atoms with van der Waals surface area (Å²) in [5.74, 6) is -1.66. The van der Waals surface area contributed by atoms with Crippen LogP contribution in [0.1, 0.15) is 118 Å². The molecule has 0 aromatic heterocycles. The number of hydrogen-bond acceptors (Lipinski definition) is 4. The van der Waals surface area contributed by atoms with E-state index in [9.17, 15) is 0 Å². The van der Waals surface area contributed by atoms with Gasteiger partial charge >= 0.3 is 0 Å². The highest BCUT2D eigenvalue weighted by molar-refractivity contribution is 5.97. The Morgan fingerprint density at radius 1 is 0.639 bits per heavy atom. The van der Waals surface area contributed by atoms with Crippen molar-refractivity contribution >= 4 is 23.8 Å². The monoisotopic (exact) mass is 519 g/mol. The van der Waals surface area contributed by atoms with E-state index in [1.54, 1.807) is 0 Å². The van der Waals surface area contributed by atoms with Gasteiger partial charge in [0.2, 0.25) is 0 Å². The van der Waals surface area contributed by atoms with E-state index in [4.69, 9.17) is 36.6 Å². The molecule has 0 fully saturated rings. The van der Waals surface area contributed by atoms with E-state index in [2.05, 4.69) is 30.6 Å². The molecule has 0 aliphatic rings. The van der Waals surface area contributed by atoms with Crippen molar-refractivity contribution in [2.75, 3.05) is 26.2 Å². The van der Waals surface area contributed by atoms with Gasteiger partial charge in [-0.2, -0.15) is 0 Å². The van der Waals surface area contributed by atoms with Gasteiger partial charge in [0.1, 0.15) is 0 Å². The molecule has 10 N–H and O–H groups in total. The number of nitrogens with one attached hydrogen (secondary N) is 2.